The highest BCUT2D eigenvalue weighted by Crippen LogP contribution is 2.39. The minimum Gasteiger partial charge on any atom is -0.462 e. The molecule has 0 aromatic carbocycles. The average molecular weight is 467 g/mol. The molecule has 4 rings (SSSR count). The van der Waals surface area contributed by atoms with E-state index >= 15 is 0 Å². The largest absolute Gasteiger partial charge is 0.462 e. The summed E-state index contributed by atoms with van der Waals surface area (Å²) in [4.78, 5) is 31.1. The number of esters is 1. The Morgan fingerprint density at radius 3 is 2.59 bits per heavy atom. The van der Waals surface area contributed by atoms with Gasteiger partial charge in [-0.25, -0.2) is 9.78 Å². The van der Waals surface area contributed by atoms with Crippen LogP contribution in [0.25, 0.3) is 0 Å². The highest BCUT2D eigenvalue weighted by molar-refractivity contribution is 8.00. The standard InChI is InChI=1S/C23H22N4O3S2/c1-2-30-23(29)20-14-6-3-4-8-17(14)26-21(16(20)11-25)31-12-19(28)27-22-15(10-24)13-7-5-9-18(13)32-22/h2-9,12H2,1H3,(H,27,28). The van der Waals surface area contributed by atoms with Gasteiger partial charge in [0, 0.05) is 10.6 Å². The molecule has 7 nitrogen and oxygen atoms in total. The van der Waals surface area contributed by atoms with Crippen molar-refractivity contribution in [2.45, 2.75) is 56.9 Å². The van der Waals surface area contributed by atoms with Crippen LogP contribution in [0, 0.1) is 22.7 Å². The second-order valence-electron chi connectivity index (χ2n) is 7.64. The van der Waals surface area contributed by atoms with Crippen molar-refractivity contribution in [2.75, 3.05) is 17.7 Å². The molecule has 1 amide bonds. The van der Waals surface area contributed by atoms with Crippen LogP contribution in [0.5, 0.6) is 0 Å². The second-order valence-corrected chi connectivity index (χ2v) is 9.71. The Bertz CT molecular complexity index is 1170. The lowest BCUT2D eigenvalue weighted by Gasteiger charge is -2.20. The lowest BCUT2D eigenvalue weighted by molar-refractivity contribution is -0.113. The predicted molar refractivity (Wildman–Crippen MR) is 122 cm³/mol. The van der Waals surface area contributed by atoms with Gasteiger partial charge >= 0.3 is 5.97 Å². The van der Waals surface area contributed by atoms with E-state index < -0.39 is 5.97 Å². The van der Waals surface area contributed by atoms with E-state index in [4.69, 9.17) is 4.74 Å². The summed E-state index contributed by atoms with van der Waals surface area (Å²) in [5, 5.41) is 23.1. The zero-order chi connectivity index (χ0) is 22.7. The molecule has 1 N–H and O–H groups in total. The number of ether oxygens (including phenoxy) is 1. The first-order chi connectivity index (χ1) is 15.6. The molecular formula is C23H22N4O3S2. The second kappa shape index (κ2) is 9.72. The summed E-state index contributed by atoms with van der Waals surface area (Å²) < 4.78 is 5.22. The van der Waals surface area contributed by atoms with Crippen molar-refractivity contribution in [1.82, 2.24) is 4.98 Å². The molecule has 2 aromatic heterocycles. The van der Waals surface area contributed by atoms with Crippen LogP contribution >= 0.6 is 23.1 Å². The number of thioether (sulfide) groups is 1. The summed E-state index contributed by atoms with van der Waals surface area (Å²) in [5.41, 5.74) is 3.70. The molecule has 0 bridgehead atoms. The summed E-state index contributed by atoms with van der Waals surface area (Å²) in [6, 6.07) is 4.34. The highest BCUT2D eigenvalue weighted by atomic mass is 32.2. The number of aryl methyl sites for hydroxylation is 2. The van der Waals surface area contributed by atoms with Crippen LogP contribution in [0.4, 0.5) is 5.00 Å². The molecule has 0 fully saturated rings. The molecule has 164 valence electrons. The molecule has 32 heavy (non-hydrogen) atoms. The number of carbonyl (C=O) groups is 2. The van der Waals surface area contributed by atoms with E-state index in [1.165, 1.54) is 16.2 Å². The van der Waals surface area contributed by atoms with Gasteiger partial charge in [-0.05, 0) is 63.0 Å². The first kappa shape index (κ1) is 22.3. The zero-order valence-electron chi connectivity index (χ0n) is 17.7. The van der Waals surface area contributed by atoms with Crippen molar-refractivity contribution in [3.05, 3.63) is 38.4 Å². The van der Waals surface area contributed by atoms with Gasteiger partial charge in [0.2, 0.25) is 5.91 Å². The number of pyridine rings is 1. The van der Waals surface area contributed by atoms with E-state index in [1.54, 1.807) is 6.92 Å². The van der Waals surface area contributed by atoms with E-state index in [-0.39, 0.29) is 23.8 Å². The summed E-state index contributed by atoms with van der Waals surface area (Å²) in [6.45, 7) is 1.95. The quantitative estimate of drug-likeness (QED) is 0.502. The maximum atomic E-state index is 12.7. The maximum absolute atomic E-state index is 12.7. The van der Waals surface area contributed by atoms with Crippen molar-refractivity contribution in [3.8, 4) is 12.1 Å². The predicted octanol–water partition coefficient (Wildman–Crippen LogP) is 4.16. The number of thiophene rings is 1. The van der Waals surface area contributed by atoms with Gasteiger partial charge in [-0.2, -0.15) is 10.5 Å². The third kappa shape index (κ3) is 4.23. The molecule has 0 saturated carbocycles. The first-order valence-electron chi connectivity index (χ1n) is 10.7. The number of anilines is 1. The first-order valence-corrected chi connectivity index (χ1v) is 12.5. The molecule has 0 spiro atoms. The normalized spacial score (nSPS) is 14.1. The minimum absolute atomic E-state index is 0.0240. The third-order valence-corrected chi connectivity index (χ3v) is 7.84. The number of nitrogens with zero attached hydrogens (tertiary/aromatic N) is 3. The smallest absolute Gasteiger partial charge is 0.339 e. The van der Waals surface area contributed by atoms with Crippen LogP contribution in [-0.4, -0.2) is 29.2 Å². The van der Waals surface area contributed by atoms with Crippen LogP contribution < -0.4 is 5.32 Å². The molecule has 0 aliphatic heterocycles. The maximum Gasteiger partial charge on any atom is 0.339 e. The van der Waals surface area contributed by atoms with Crippen molar-refractivity contribution in [3.63, 3.8) is 0 Å². The molecule has 0 radical (unpaired) electrons. The molecule has 2 aliphatic carbocycles. The number of hydrogen-bond acceptors (Lipinski definition) is 8. The third-order valence-electron chi connectivity index (χ3n) is 5.66. The van der Waals surface area contributed by atoms with E-state index in [0.29, 0.717) is 27.6 Å². The number of carbonyl (C=O) groups excluding carboxylic acids is 2. The summed E-state index contributed by atoms with van der Waals surface area (Å²) >= 11 is 2.60. The SMILES string of the molecule is CCOC(=O)c1c(C#N)c(SCC(=O)Nc2sc3c(c2C#N)CCC3)nc2c1CCCC2. The number of aromatic nitrogens is 1. The van der Waals surface area contributed by atoms with Crippen molar-refractivity contribution in [2.24, 2.45) is 0 Å². The van der Waals surface area contributed by atoms with Gasteiger partial charge in [-0.15, -0.1) is 11.3 Å². The fourth-order valence-electron chi connectivity index (χ4n) is 4.26. The molecular weight excluding hydrogens is 444 g/mol. The van der Waals surface area contributed by atoms with Crippen LogP contribution in [0.2, 0.25) is 0 Å². The van der Waals surface area contributed by atoms with Crippen LogP contribution in [0.15, 0.2) is 5.03 Å². The molecule has 0 unspecified atom stereocenters. The lowest BCUT2D eigenvalue weighted by Crippen LogP contribution is -2.19. The average Bonchev–Trinajstić information content (AvgIpc) is 3.37. The van der Waals surface area contributed by atoms with E-state index in [2.05, 4.69) is 22.4 Å². The minimum atomic E-state index is -0.511. The Morgan fingerprint density at radius 2 is 1.84 bits per heavy atom. The molecule has 9 heteroatoms. The van der Waals surface area contributed by atoms with Gasteiger partial charge in [-0.3, -0.25) is 4.79 Å². The molecule has 2 aliphatic rings. The van der Waals surface area contributed by atoms with Gasteiger partial charge in [-0.1, -0.05) is 11.8 Å². The molecule has 2 aromatic rings. The Labute approximate surface area is 194 Å². The van der Waals surface area contributed by atoms with Crippen molar-refractivity contribution < 1.29 is 14.3 Å². The monoisotopic (exact) mass is 466 g/mol. The molecule has 0 atom stereocenters. The number of nitrogens with one attached hydrogen (secondary N) is 1. The number of fused-ring (bicyclic) bond motifs is 2. The Morgan fingerprint density at radius 1 is 1.09 bits per heavy atom. The highest BCUT2D eigenvalue weighted by Gasteiger charge is 2.28. The topological polar surface area (TPSA) is 116 Å². The number of hydrogen-bond donors (Lipinski definition) is 1. The number of rotatable bonds is 6. The summed E-state index contributed by atoms with van der Waals surface area (Å²) in [5.74, 6) is -0.758. The summed E-state index contributed by atoms with van der Waals surface area (Å²) in [7, 11) is 0. The summed E-state index contributed by atoms with van der Waals surface area (Å²) in [6.07, 6.45) is 6.20. The van der Waals surface area contributed by atoms with Crippen molar-refractivity contribution >= 4 is 40.0 Å². The Hall–Kier alpha value is -2.88. The van der Waals surface area contributed by atoms with E-state index in [1.807, 2.05) is 0 Å². The van der Waals surface area contributed by atoms with Gasteiger partial charge in [0.15, 0.2) is 0 Å². The number of amides is 1. The zero-order valence-corrected chi connectivity index (χ0v) is 19.4. The van der Waals surface area contributed by atoms with Crippen molar-refractivity contribution in [1.29, 1.82) is 10.5 Å². The molecule has 2 heterocycles. The lowest BCUT2D eigenvalue weighted by atomic mass is 9.90. The van der Waals surface area contributed by atoms with E-state index in [0.717, 1.165) is 67.1 Å². The van der Waals surface area contributed by atoms with Gasteiger partial charge in [0.1, 0.15) is 22.2 Å². The van der Waals surface area contributed by atoms with Gasteiger partial charge in [0.25, 0.3) is 0 Å². The van der Waals surface area contributed by atoms with E-state index in [9.17, 15) is 20.1 Å². The van der Waals surface area contributed by atoms with Crippen LogP contribution in [0.3, 0.4) is 0 Å². The fraction of sp³-hybridized carbons (Fsp3) is 0.435. The molecule has 0 saturated heterocycles. The Balaban J connectivity index is 1.56. The fourth-order valence-corrected chi connectivity index (χ4v) is 6.32. The van der Waals surface area contributed by atoms with Gasteiger partial charge < -0.3 is 10.1 Å². The van der Waals surface area contributed by atoms with Crippen LogP contribution in [0.1, 0.15) is 69.4 Å². The number of nitriles is 2. The van der Waals surface area contributed by atoms with Gasteiger partial charge in [0.05, 0.1) is 29.1 Å². The van der Waals surface area contributed by atoms with Crippen LogP contribution in [-0.2, 0) is 35.2 Å². The Kier molecular flexibility index (Phi) is 6.78.